The average Bonchev–Trinajstić information content (AvgIpc) is 2.68. The Morgan fingerprint density at radius 2 is 1.27 bits per heavy atom. The summed E-state index contributed by atoms with van der Waals surface area (Å²) in [6.07, 6.45) is 14.0. The van der Waals surface area contributed by atoms with Crippen LogP contribution in [0.25, 0.3) is 0 Å². The summed E-state index contributed by atoms with van der Waals surface area (Å²) in [7, 11) is 0. The predicted octanol–water partition coefficient (Wildman–Crippen LogP) is 3.37. The summed E-state index contributed by atoms with van der Waals surface area (Å²) < 4.78 is 0. The lowest BCUT2D eigenvalue weighted by molar-refractivity contribution is 0.163. The molecule has 0 spiro atoms. The van der Waals surface area contributed by atoms with Crippen molar-refractivity contribution in [2.75, 3.05) is 19.6 Å². The highest BCUT2D eigenvalue weighted by molar-refractivity contribution is 5.75. The highest BCUT2D eigenvalue weighted by Gasteiger charge is 2.25. The van der Waals surface area contributed by atoms with E-state index in [9.17, 15) is 9.59 Å². The molecular weight excluding hydrogens is 328 g/mol. The van der Waals surface area contributed by atoms with Crippen molar-refractivity contribution in [1.29, 1.82) is 0 Å². The third-order valence-electron chi connectivity index (χ3n) is 6.33. The molecule has 1 aliphatic heterocycles. The fraction of sp³-hybridized carbons (Fsp3) is 0.900. The van der Waals surface area contributed by atoms with Crippen molar-refractivity contribution in [2.45, 2.75) is 89.1 Å². The van der Waals surface area contributed by atoms with Crippen LogP contribution in [-0.4, -0.2) is 48.7 Å². The molecular formula is C20H36N4O2. The zero-order chi connectivity index (χ0) is 18.2. The van der Waals surface area contributed by atoms with Gasteiger partial charge in [-0.25, -0.2) is 9.59 Å². The van der Waals surface area contributed by atoms with Crippen molar-refractivity contribution in [1.82, 2.24) is 20.9 Å². The number of carbonyl (C=O) groups excluding carboxylic acids is 2. The quantitative estimate of drug-likeness (QED) is 0.715. The maximum absolute atomic E-state index is 12.4. The number of nitrogens with zero attached hydrogens (tertiary/aromatic N) is 1. The largest absolute Gasteiger partial charge is 0.338 e. The maximum Gasteiger partial charge on any atom is 0.317 e. The van der Waals surface area contributed by atoms with Gasteiger partial charge in [-0.15, -0.1) is 0 Å². The Morgan fingerprint density at radius 3 is 1.85 bits per heavy atom. The van der Waals surface area contributed by atoms with Crippen LogP contribution in [0, 0.1) is 5.92 Å². The van der Waals surface area contributed by atoms with Gasteiger partial charge >= 0.3 is 12.1 Å². The Kier molecular flexibility index (Phi) is 7.44. The van der Waals surface area contributed by atoms with Crippen LogP contribution in [-0.2, 0) is 0 Å². The van der Waals surface area contributed by atoms with Gasteiger partial charge in [0.2, 0.25) is 0 Å². The molecule has 3 aliphatic rings. The van der Waals surface area contributed by atoms with E-state index in [1.807, 2.05) is 4.90 Å². The van der Waals surface area contributed by atoms with Crippen molar-refractivity contribution in [3.05, 3.63) is 0 Å². The number of rotatable bonds is 4. The number of amides is 4. The highest BCUT2D eigenvalue weighted by atomic mass is 16.2. The van der Waals surface area contributed by atoms with E-state index in [1.54, 1.807) is 0 Å². The smallest absolute Gasteiger partial charge is 0.317 e. The van der Waals surface area contributed by atoms with Gasteiger partial charge in [-0.1, -0.05) is 38.5 Å². The van der Waals surface area contributed by atoms with Crippen molar-refractivity contribution in [3.8, 4) is 0 Å². The van der Waals surface area contributed by atoms with Gasteiger partial charge in [0, 0.05) is 31.7 Å². The molecule has 0 aromatic carbocycles. The Labute approximate surface area is 157 Å². The third-order valence-corrected chi connectivity index (χ3v) is 6.33. The molecule has 2 saturated carbocycles. The summed E-state index contributed by atoms with van der Waals surface area (Å²) >= 11 is 0. The molecule has 0 aromatic heterocycles. The van der Waals surface area contributed by atoms with Crippen molar-refractivity contribution in [2.24, 2.45) is 5.92 Å². The fourth-order valence-corrected chi connectivity index (χ4v) is 4.57. The van der Waals surface area contributed by atoms with Crippen LogP contribution in [0.5, 0.6) is 0 Å². The summed E-state index contributed by atoms with van der Waals surface area (Å²) in [6, 6.07) is 0.820. The van der Waals surface area contributed by atoms with Crippen LogP contribution in [0.3, 0.4) is 0 Å². The maximum atomic E-state index is 12.4. The number of urea groups is 2. The number of piperidine rings is 1. The summed E-state index contributed by atoms with van der Waals surface area (Å²) in [5.41, 5.74) is 0. The molecule has 0 radical (unpaired) electrons. The van der Waals surface area contributed by atoms with Gasteiger partial charge in [0.1, 0.15) is 0 Å². The molecule has 4 amide bonds. The Morgan fingerprint density at radius 1 is 0.731 bits per heavy atom. The van der Waals surface area contributed by atoms with E-state index in [0.29, 0.717) is 18.0 Å². The molecule has 0 bridgehead atoms. The second kappa shape index (κ2) is 10.0. The molecule has 6 heteroatoms. The first-order valence-corrected chi connectivity index (χ1v) is 10.8. The van der Waals surface area contributed by atoms with Crippen molar-refractivity contribution < 1.29 is 9.59 Å². The van der Waals surface area contributed by atoms with Gasteiger partial charge < -0.3 is 20.9 Å². The summed E-state index contributed by atoms with van der Waals surface area (Å²) in [5, 5.41) is 9.35. The summed E-state index contributed by atoms with van der Waals surface area (Å²) in [5.74, 6) is 0.478. The molecule has 2 aliphatic carbocycles. The van der Waals surface area contributed by atoms with E-state index < -0.39 is 0 Å². The Bertz CT molecular complexity index is 451. The van der Waals surface area contributed by atoms with E-state index >= 15 is 0 Å². The minimum Gasteiger partial charge on any atom is -0.338 e. The van der Waals surface area contributed by atoms with Crippen molar-refractivity contribution in [3.63, 3.8) is 0 Å². The SMILES string of the molecule is O=C(NCC1CCN(C(=O)NC2CCCCC2)CC1)NC1CCCCC1. The monoisotopic (exact) mass is 364 g/mol. The first kappa shape index (κ1) is 19.3. The van der Waals surface area contributed by atoms with Crippen molar-refractivity contribution >= 4 is 12.1 Å². The second-order valence-electron chi connectivity index (χ2n) is 8.40. The van der Waals surface area contributed by atoms with E-state index in [1.165, 1.54) is 38.5 Å². The van der Waals surface area contributed by atoms with Crippen LogP contribution in [0.4, 0.5) is 9.59 Å². The lowest BCUT2D eigenvalue weighted by atomic mass is 9.95. The topological polar surface area (TPSA) is 73.5 Å². The minimum absolute atomic E-state index is 0.0191. The summed E-state index contributed by atoms with van der Waals surface area (Å²) in [4.78, 5) is 26.4. The van der Waals surface area contributed by atoms with Crippen LogP contribution < -0.4 is 16.0 Å². The fourth-order valence-electron chi connectivity index (χ4n) is 4.57. The van der Waals surface area contributed by atoms with Gasteiger partial charge in [0.25, 0.3) is 0 Å². The molecule has 0 atom stereocenters. The molecule has 0 aromatic rings. The first-order valence-electron chi connectivity index (χ1n) is 10.8. The van der Waals surface area contributed by atoms with E-state index in [-0.39, 0.29) is 12.1 Å². The van der Waals surface area contributed by atoms with Crippen LogP contribution in [0.1, 0.15) is 77.0 Å². The molecule has 0 unspecified atom stereocenters. The molecule has 1 saturated heterocycles. The van der Waals surface area contributed by atoms with E-state index in [2.05, 4.69) is 16.0 Å². The van der Waals surface area contributed by atoms with Crippen LogP contribution >= 0.6 is 0 Å². The van der Waals surface area contributed by atoms with Gasteiger partial charge in [0.05, 0.1) is 0 Å². The van der Waals surface area contributed by atoms with Gasteiger partial charge in [0.15, 0.2) is 0 Å². The normalized spacial score (nSPS) is 23.5. The number of hydrogen-bond acceptors (Lipinski definition) is 2. The van der Waals surface area contributed by atoms with Gasteiger partial charge in [-0.3, -0.25) is 0 Å². The molecule has 26 heavy (non-hydrogen) atoms. The zero-order valence-corrected chi connectivity index (χ0v) is 16.1. The average molecular weight is 365 g/mol. The van der Waals surface area contributed by atoms with Gasteiger partial charge in [-0.2, -0.15) is 0 Å². The number of likely N-dealkylation sites (tertiary alicyclic amines) is 1. The minimum atomic E-state index is -0.0191. The molecule has 6 nitrogen and oxygen atoms in total. The van der Waals surface area contributed by atoms with Gasteiger partial charge in [-0.05, 0) is 44.4 Å². The van der Waals surface area contributed by atoms with Crippen LogP contribution in [0.15, 0.2) is 0 Å². The second-order valence-corrected chi connectivity index (χ2v) is 8.40. The standard InChI is InChI=1S/C20H36N4O2/c25-19(22-17-7-3-1-4-8-17)21-15-16-11-13-24(14-12-16)20(26)23-18-9-5-2-6-10-18/h16-18H,1-15H2,(H,23,26)(H2,21,22,25). The molecule has 148 valence electrons. The molecule has 3 rings (SSSR count). The zero-order valence-electron chi connectivity index (χ0n) is 16.1. The van der Waals surface area contributed by atoms with Crippen LogP contribution in [0.2, 0.25) is 0 Å². The lowest BCUT2D eigenvalue weighted by Gasteiger charge is -2.34. The number of carbonyl (C=O) groups is 2. The Balaban J connectivity index is 1.29. The molecule has 1 heterocycles. The number of nitrogens with one attached hydrogen (secondary N) is 3. The predicted molar refractivity (Wildman–Crippen MR) is 103 cm³/mol. The third kappa shape index (κ3) is 6.06. The molecule has 3 fully saturated rings. The molecule has 3 N–H and O–H groups in total. The first-order chi connectivity index (χ1) is 12.7. The lowest BCUT2D eigenvalue weighted by Crippen LogP contribution is -2.50. The number of hydrogen-bond donors (Lipinski definition) is 3. The highest BCUT2D eigenvalue weighted by Crippen LogP contribution is 2.20. The van der Waals surface area contributed by atoms with E-state index in [4.69, 9.17) is 0 Å². The van der Waals surface area contributed by atoms with E-state index in [0.717, 1.165) is 58.2 Å². The summed E-state index contributed by atoms with van der Waals surface area (Å²) in [6.45, 7) is 2.32. The Hall–Kier alpha value is -1.46.